The van der Waals surface area contributed by atoms with E-state index in [1.165, 1.54) is 7.11 Å². The van der Waals surface area contributed by atoms with E-state index in [0.717, 1.165) is 5.56 Å². The standard InChI is InChI=1S/C17H27NO5/c1-16(2,3)23-15(21)18-12-7-11(9-17(4,5)10-19)8-13(22-6)14(12)20/h7-8,19-20H,9-10H2,1-6H3,(H,18,21). The lowest BCUT2D eigenvalue weighted by Crippen LogP contribution is -2.27. The Morgan fingerprint density at radius 3 is 2.30 bits per heavy atom. The van der Waals surface area contributed by atoms with Crippen molar-refractivity contribution in [2.24, 2.45) is 5.41 Å². The molecule has 1 aromatic rings. The largest absolute Gasteiger partial charge is 0.503 e. The summed E-state index contributed by atoms with van der Waals surface area (Å²) in [6.07, 6.45) is -0.100. The molecule has 0 saturated carbocycles. The van der Waals surface area contributed by atoms with Crippen molar-refractivity contribution in [3.8, 4) is 11.5 Å². The van der Waals surface area contributed by atoms with Gasteiger partial charge in [0.1, 0.15) is 5.60 Å². The highest BCUT2D eigenvalue weighted by Crippen LogP contribution is 2.37. The Morgan fingerprint density at radius 1 is 1.22 bits per heavy atom. The molecule has 0 aromatic heterocycles. The van der Waals surface area contributed by atoms with Gasteiger partial charge in [0.05, 0.1) is 12.8 Å². The summed E-state index contributed by atoms with van der Waals surface area (Å²) in [5.41, 5.74) is 0.0675. The van der Waals surface area contributed by atoms with E-state index in [2.05, 4.69) is 5.32 Å². The minimum atomic E-state index is -0.659. The number of carbonyl (C=O) groups is 1. The molecule has 1 rings (SSSR count). The Hall–Kier alpha value is -1.95. The zero-order valence-corrected chi connectivity index (χ0v) is 14.7. The predicted octanol–water partition coefficient (Wildman–Crippen LogP) is 3.31. The second kappa shape index (κ2) is 7.08. The number of anilines is 1. The van der Waals surface area contributed by atoms with E-state index in [1.807, 2.05) is 13.8 Å². The van der Waals surface area contributed by atoms with Crippen LogP contribution in [0.1, 0.15) is 40.2 Å². The lowest BCUT2D eigenvalue weighted by Gasteiger charge is -2.23. The molecule has 0 heterocycles. The molecule has 1 amide bonds. The van der Waals surface area contributed by atoms with Crippen molar-refractivity contribution in [1.29, 1.82) is 0 Å². The first kappa shape index (κ1) is 19.1. The maximum atomic E-state index is 11.9. The SMILES string of the molecule is COc1cc(CC(C)(C)CO)cc(NC(=O)OC(C)(C)C)c1O. The van der Waals surface area contributed by atoms with Gasteiger partial charge in [-0.05, 0) is 50.3 Å². The number of benzene rings is 1. The first-order valence-electron chi connectivity index (χ1n) is 7.48. The maximum absolute atomic E-state index is 11.9. The third-order valence-electron chi connectivity index (χ3n) is 3.10. The quantitative estimate of drug-likeness (QED) is 0.723. The molecule has 0 saturated heterocycles. The van der Waals surface area contributed by atoms with Gasteiger partial charge in [0.25, 0.3) is 0 Å². The Kier molecular flexibility index (Phi) is 5.88. The predicted molar refractivity (Wildman–Crippen MR) is 89.1 cm³/mol. The number of carbonyl (C=O) groups excluding carboxylic acids is 1. The number of phenols is 1. The number of aliphatic hydroxyl groups excluding tert-OH is 1. The van der Waals surface area contributed by atoms with Crippen molar-refractivity contribution in [2.45, 2.75) is 46.6 Å². The van der Waals surface area contributed by atoms with Gasteiger partial charge in [0, 0.05) is 6.61 Å². The smallest absolute Gasteiger partial charge is 0.412 e. The molecule has 130 valence electrons. The Balaban J connectivity index is 3.08. The number of hydrogen-bond acceptors (Lipinski definition) is 5. The minimum absolute atomic E-state index is 0.0189. The van der Waals surface area contributed by atoms with Crippen LogP contribution >= 0.6 is 0 Å². The summed E-state index contributed by atoms with van der Waals surface area (Å²) in [4.78, 5) is 11.9. The van der Waals surface area contributed by atoms with Crippen molar-refractivity contribution in [3.05, 3.63) is 17.7 Å². The van der Waals surface area contributed by atoms with Crippen LogP contribution in [0.25, 0.3) is 0 Å². The molecule has 0 radical (unpaired) electrons. The van der Waals surface area contributed by atoms with Crippen LogP contribution in [-0.4, -0.2) is 35.6 Å². The second-order valence-electron chi connectivity index (χ2n) is 7.32. The van der Waals surface area contributed by atoms with Crippen molar-refractivity contribution < 1.29 is 24.5 Å². The van der Waals surface area contributed by atoms with E-state index < -0.39 is 11.7 Å². The fraction of sp³-hybridized carbons (Fsp3) is 0.588. The molecule has 0 aliphatic heterocycles. The lowest BCUT2D eigenvalue weighted by atomic mass is 9.86. The number of phenolic OH excluding ortho intramolecular Hbond substituents is 1. The van der Waals surface area contributed by atoms with E-state index in [1.54, 1.807) is 32.9 Å². The van der Waals surface area contributed by atoms with Crippen molar-refractivity contribution in [3.63, 3.8) is 0 Å². The van der Waals surface area contributed by atoms with Crippen LogP contribution in [0, 0.1) is 5.41 Å². The van der Waals surface area contributed by atoms with E-state index in [0.29, 0.717) is 6.42 Å². The molecule has 0 unspecified atom stereocenters. The third-order valence-corrected chi connectivity index (χ3v) is 3.10. The number of aromatic hydroxyl groups is 1. The van der Waals surface area contributed by atoms with Gasteiger partial charge in [0.15, 0.2) is 11.5 Å². The monoisotopic (exact) mass is 325 g/mol. The number of amides is 1. The molecule has 1 aromatic carbocycles. The number of aliphatic hydroxyl groups is 1. The van der Waals surface area contributed by atoms with Gasteiger partial charge >= 0.3 is 6.09 Å². The van der Waals surface area contributed by atoms with Crippen LogP contribution in [0.4, 0.5) is 10.5 Å². The third kappa shape index (κ3) is 5.98. The highest BCUT2D eigenvalue weighted by atomic mass is 16.6. The average molecular weight is 325 g/mol. The zero-order chi connectivity index (χ0) is 17.8. The fourth-order valence-corrected chi connectivity index (χ4v) is 2.04. The zero-order valence-electron chi connectivity index (χ0n) is 14.7. The van der Waals surface area contributed by atoms with Crippen molar-refractivity contribution in [1.82, 2.24) is 0 Å². The first-order chi connectivity index (χ1) is 10.5. The van der Waals surface area contributed by atoms with Crippen LogP contribution in [0.15, 0.2) is 12.1 Å². The second-order valence-corrected chi connectivity index (χ2v) is 7.32. The van der Waals surface area contributed by atoms with E-state index in [-0.39, 0.29) is 29.2 Å². The molecule has 0 atom stereocenters. The molecular formula is C17H27NO5. The molecule has 6 heteroatoms. The van der Waals surface area contributed by atoms with Crippen LogP contribution in [0.3, 0.4) is 0 Å². The fourth-order valence-electron chi connectivity index (χ4n) is 2.04. The number of ether oxygens (including phenoxy) is 2. The summed E-state index contributed by atoms with van der Waals surface area (Å²) in [6, 6.07) is 3.34. The molecule has 6 nitrogen and oxygen atoms in total. The number of hydrogen-bond donors (Lipinski definition) is 3. The molecule has 23 heavy (non-hydrogen) atoms. The Labute approximate surface area is 137 Å². The van der Waals surface area contributed by atoms with Crippen LogP contribution in [0.2, 0.25) is 0 Å². The molecule has 0 aliphatic rings. The van der Waals surface area contributed by atoms with E-state index >= 15 is 0 Å². The van der Waals surface area contributed by atoms with Gasteiger partial charge in [-0.2, -0.15) is 0 Å². The van der Waals surface area contributed by atoms with Gasteiger partial charge in [-0.25, -0.2) is 4.79 Å². The van der Waals surface area contributed by atoms with Crippen LogP contribution in [0.5, 0.6) is 11.5 Å². The minimum Gasteiger partial charge on any atom is -0.503 e. The maximum Gasteiger partial charge on any atom is 0.412 e. The summed E-state index contributed by atoms with van der Waals surface area (Å²) in [5.74, 6) is 0.0891. The average Bonchev–Trinajstić information content (AvgIpc) is 2.39. The van der Waals surface area contributed by atoms with Crippen LogP contribution < -0.4 is 10.1 Å². The lowest BCUT2D eigenvalue weighted by molar-refractivity contribution is 0.0635. The summed E-state index contributed by atoms with van der Waals surface area (Å²) in [5, 5.41) is 22.1. The Morgan fingerprint density at radius 2 is 1.83 bits per heavy atom. The van der Waals surface area contributed by atoms with E-state index in [4.69, 9.17) is 9.47 Å². The first-order valence-corrected chi connectivity index (χ1v) is 7.48. The topological polar surface area (TPSA) is 88.0 Å². The van der Waals surface area contributed by atoms with E-state index in [9.17, 15) is 15.0 Å². The van der Waals surface area contributed by atoms with Crippen molar-refractivity contribution >= 4 is 11.8 Å². The number of nitrogens with one attached hydrogen (secondary N) is 1. The molecule has 3 N–H and O–H groups in total. The molecule has 0 fully saturated rings. The molecular weight excluding hydrogens is 298 g/mol. The summed E-state index contributed by atoms with van der Waals surface area (Å²) >= 11 is 0. The van der Waals surface area contributed by atoms with Gasteiger partial charge in [-0.15, -0.1) is 0 Å². The van der Waals surface area contributed by atoms with Crippen molar-refractivity contribution in [2.75, 3.05) is 19.0 Å². The van der Waals surface area contributed by atoms with Gasteiger partial charge in [-0.3, -0.25) is 5.32 Å². The Bertz CT molecular complexity index is 561. The molecule has 0 aliphatic carbocycles. The molecule has 0 bridgehead atoms. The van der Waals surface area contributed by atoms with Gasteiger partial charge in [-0.1, -0.05) is 13.8 Å². The van der Waals surface area contributed by atoms with Gasteiger partial charge < -0.3 is 19.7 Å². The summed E-state index contributed by atoms with van der Waals surface area (Å²) in [6.45, 7) is 9.14. The number of methoxy groups -OCH3 is 1. The summed E-state index contributed by atoms with van der Waals surface area (Å²) in [7, 11) is 1.44. The summed E-state index contributed by atoms with van der Waals surface area (Å²) < 4.78 is 10.3. The van der Waals surface area contributed by atoms with Crippen LogP contribution in [-0.2, 0) is 11.2 Å². The highest BCUT2D eigenvalue weighted by Gasteiger charge is 2.22. The normalized spacial score (nSPS) is 12.0. The molecule has 0 spiro atoms. The highest BCUT2D eigenvalue weighted by molar-refractivity contribution is 5.88. The van der Waals surface area contributed by atoms with Gasteiger partial charge in [0.2, 0.25) is 0 Å². The number of rotatable bonds is 5.